The highest BCUT2D eigenvalue weighted by Crippen LogP contribution is 2.23. The van der Waals surface area contributed by atoms with Crippen LogP contribution in [0.2, 0.25) is 0 Å². The molecule has 0 saturated carbocycles. The van der Waals surface area contributed by atoms with E-state index in [0.717, 1.165) is 12.1 Å². The van der Waals surface area contributed by atoms with Crippen LogP contribution in [0, 0.1) is 0 Å². The summed E-state index contributed by atoms with van der Waals surface area (Å²) >= 11 is 7.91. The molecule has 3 nitrogen and oxygen atoms in total. The van der Waals surface area contributed by atoms with Crippen LogP contribution in [0.4, 0.5) is 0 Å². The summed E-state index contributed by atoms with van der Waals surface area (Å²) < 4.78 is 0. The molecule has 1 fully saturated rings. The highest BCUT2D eigenvalue weighted by Gasteiger charge is 2.19. The summed E-state index contributed by atoms with van der Waals surface area (Å²) in [7, 11) is 0. The molecule has 1 aliphatic rings. The molecule has 0 atom stereocenters. The zero-order valence-corrected chi connectivity index (χ0v) is 15.4. The Labute approximate surface area is 143 Å². The maximum absolute atomic E-state index is 12.2. The van der Waals surface area contributed by atoms with Gasteiger partial charge in [-0.15, -0.1) is 0 Å². The summed E-state index contributed by atoms with van der Waals surface area (Å²) in [5.74, 6) is 2.32. The molecule has 1 rings (SSSR count). The Balaban J connectivity index is 2.96. The van der Waals surface area contributed by atoms with Gasteiger partial charge < -0.3 is 10.2 Å². The third-order valence-electron chi connectivity index (χ3n) is 3.69. The molecule has 1 N–H and O–H groups in total. The van der Waals surface area contributed by atoms with E-state index in [1.165, 1.54) is 24.3 Å². The summed E-state index contributed by atoms with van der Waals surface area (Å²) in [6.07, 6.45) is 6.14. The number of hydrogen-bond acceptors (Lipinski definition) is 3. The quantitative estimate of drug-likeness (QED) is 0.562. The minimum absolute atomic E-state index is 0.103. The molecule has 1 amide bonds. The number of allylic oxidation sites excluding steroid dienone is 2. The zero-order chi connectivity index (χ0) is 16.5. The molecule has 0 aromatic rings. The van der Waals surface area contributed by atoms with Crippen molar-refractivity contribution in [2.75, 3.05) is 24.6 Å². The van der Waals surface area contributed by atoms with Gasteiger partial charge in [-0.05, 0) is 56.8 Å². The summed E-state index contributed by atoms with van der Waals surface area (Å²) in [5.41, 5.74) is 1.51. The van der Waals surface area contributed by atoms with Crippen molar-refractivity contribution in [1.82, 2.24) is 10.2 Å². The average Bonchev–Trinajstić information content (AvgIpc) is 2.50. The number of rotatable bonds is 7. The first-order chi connectivity index (χ1) is 10.5. The Morgan fingerprint density at radius 2 is 2.05 bits per heavy atom. The lowest BCUT2D eigenvalue weighted by Crippen LogP contribution is -2.34. The molecule has 5 heteroatoms. The topological polar surface area (TPSA) is 32.3 Å². The van der Waals surface area contributed by atoms with Gasteiger partial charge >= 0.3 is 0 Å². The van der Waals surface area contributed by atoms with Crippen molar-refractivity contribution in [3.63, 3.8) is 0 Å². The van der Waals surface area contributed by atoms with Crippen molar-refractivity contribution in [1.29, 1.82) is 0 Å². The second kappa shape index (κ2) is 10.0. The molecule has 22 heavy (non-hydrogen) atoms. The van der Waals surface area contributed by atoms with Crippen molar-refractivity contribution in [2.24, 2.45) is 0 Å². The van der Waals surface area contributed by atoms with E-state index in [4.69, 9.17) is 11.6 Å². The van der Waals surface area contributed by atoms with Gasteiger partial charge in [-0.2, -0.15) is 11.8 Å². The summed E-state index contributed by atoms with van der Waals surface area (Å²) in [5, 5.41) is 3.20. The van der Waals surface area contributed by atoms with Crippen LogP contribution in [0.15, 0.2) is 35.0 Å². The van der Waals surface area contributed by atoms with Gasteiger partial charge in [0.25, 0.3) is 5.91 Å². The third kappa shape index (κ3) is 6.09. The van der Waals surface area contributed by atoms with Gasteiger partial charge in [0.2, 0.25) is 0 Å². The number of nitrogens with zero attached hydrogens (tertiary/aromatic N) is 1. The molecular weight excluding hydrogens is 316 g/mol. The van der Waals surface area contributed by atoms with Gasteiger partial charge in [0, 0.05) is 35.9 Å². The van der Waals surface area contributed by atoms with Crippen LogP contribution in [0.25, 0.3) is 0 Å². The standard InChI is InChI=1S/C17H27ClN2OS/c1-5-19-17(21)16(11-14(4)18)13(3)12-20(6-2)15-7-9-22-10-8-15/h11-12,15H,4-10H2,1-3H3,(H,19,21)/b13-12+,16-11+. The van der Waals surface area contributed by atoms with E-state index in [1.54, 1.807) is 6.08 Å². The molecular formula is C17H27ClN2OS. The number of halogens is 1. The van der Waals surface area contributed by atoms with Crippen LogP contribution in [0.3, 0.4) is 0 Å². The summed E-state index contributed by atoms with van der Waals surface area (Å²) in [6.45, 7) is 11.2. The largest absolute Gasteiger partial charge is 0.374 e. The molecule has 0 bridgehead atoms. The highest BCUT2D eigenvalue weighted by molar-refractivity contribution is 7.99. The Bertz CT molecular complexity index is 454. The third-order valence-corrected chi connectivity index (χ3v) is 4.85. The fourth-order valence-corrected chi connectivity index (χ4v) is 3.75. The van der Waals surface area contributed by atoms with Crippen LogP contribution in [0.5, 0.6) is 0 Å². The summed E-state index contributed by atoms with van der Waals surface area (Å²) in [6, 6.07) is 0.566. The first-order valence-electron chi connectivity index (χ1n) is 7.86. The number of nitrogens with one attached hydrogen (secondary N) is 1. The van der Waals surface area contributed by atoms with E-state index >= 15 is 0 Å². The van der Waals surface area contributed by atoms with Gasteiger partial charge in [0.15, 0.2) is 0 Å². The number of carbonyl (C=O) groups excluding carboxylic acids is 1. The molecule has 0 spiro atoms. The molecule has 0 aromatic heterocycles. The second-order valence-electron chi connectivity index (χ2n) is 5.35. The van der Waals surface area contributed by atoms with E-state index in [9.17, 15) is 4.79 Å². The van der Waals surface area contributed by atoms with Crippen molar-refractivity contribution in [3.05, 3.63) is 35.0 Å². The number of hydrogen-bond donors (Lipinski definition) is 1. The molecule has 1 aliphatic heterocycles. The molecule has 0 aromatic carbocycles. The minimum Gasteiger partial charge on any atom is -0.374 e. The molecule has 1 saturated heterocycles. The number of amides is 1. The van der Waals surface area contributed by atoms with Crippen LogP contribution in [-0.2, 0) is 4.79 Å². The Morgan fingerprint density at radius 1 is 1.41 bits per heavy atom. The monoisotopic (exact) mass is 342 g/mol. The van der Waals surface area contributed by atoms with E-state index in [2.05, 4.69) is 29.9 Å². The SMILES string of the molecule is C=C(Cl)/C=C(C(=O)NCC)\C(C)=C\N(CC)C1CCSCC1. The van der Waals surface area contributed by atoms with Crippen molar-refractivity contribution in [3.8, 4) is 0 Å². The number of thioether (sulfide) groups is 1. The van der Waals surface area contributed by atoms with Crippen LogP contribution >= 0.6 is 23.4 Å². The second-order valence-corrected chi connectivity index (χ2v) is 7.06. The molecule has 0 unspecified atom stereocenters. The van der Waals surface area contributed by atoms with Crippen molar-refractivity contribution < 1.29 is 4.79 Å². The first kappa shape index (κ1) is 19.2. The lowest BCUT2D eigenvalue weighted by Gasteiger charge is -2.33. The number of likely N-dealkylation sites (N-methyl/N-ethyl adjacent to an activating group) is 1. The predicted octanol–water partition coefficient (Wildman–Crippen LogP) is 3.92. The normalized spacial score (nSPS) is 17.3. The van der Waals surface area contributed by atoms with E-state index < -0.39 is 0 Å². The van der Waals surface area contributed by atoms with Crippen molar-refractivity contribution >= 4 is 29.3 Å². The molecule has 0 aliphatic carbocycles. The first-order valence-corrected chi connectivity index (χ1v) is 9.39. The van der Waals surface area contributed by atoms with Gasteiger partial charge in [0.1, 0.15) is 0 Å². The molecule has 124 valence electrons. The maximum atomic E-state index is 12.2. The van der Waals surface area contributed by atoms with E-state index in [0.29, 0.717) is 23.2 Å². The van der Waals surface area contributed by atoms with Crippen LogP contribution < -0.4 is 5.32 Å². The maximum Gasteiger partial charge on any atom is 0.251 e. The lowest BCUT2D eigenvalue weighted by atomic mass is 10.1. The van der Waals surface area contributed by atoms with Crippen LogP contribution in [0.1, 0.15) is 33.6 Å². The molecule has 1 heterocycles. The Morgan fingerprint density at radius 3 is 2.55 bits per heavy atom. The highest BCUT2D eigenvalue weighted by atomic mass is 35.5. The van der Waals surface area contributed by atoms with Crippen molar-refractivity contribution in [2.45, 2.75) is 39.7 Å². The smallest absolute Gasteiger partial charge is 0.251 e. The summed E-state index contributed by atoms with van der Waals surface area (Å²) in [4.78, 5) is 14.6. The van der Waals surface area contributed by atoms with Gasteiger partial charge in [-0.1, -0.05) is 18.2 Å². The van der Waals surface area contributed by atoms with Crippen LogP contribution in [-0.4, -0.2) is 41.4 Å². The fourth-order valence-electron chi connectivity index (χ4n) is 2.56. The lowest BCUT2D eigenvalue weighted by molar-refractivity contribution is -0.117. The molecule has 0 radical (unpaired) electrons. The number of carbonyl (C=O) groups is 1. The van der Waals surface area contributed by atoms with Gasteiger partial charge in [-0.25, -0.2) is 0 Å². The van der Waals surface area contributed by atoms with Gasteiger partial charge in [0.05, 0.1) is 0 Å². The minimum atomic E-state index is -0.103. The van der Waals surface area contributed by atoms with E-state index in [-0.39, 0.29) is 5.91 Å². The Kier molecular flexibility index (Phi) is 8.72. The van der Waals surface area contributed by atoms with Gasteiger partial charge in [-0.3, -0.25) is 4.79 Å². The fraction of sp³-hybridized carbons (Fsp3) is 0.588. The zero-order valence-electron chi connectivity index (χ0n) is 13.8. The Hall–Kier alpha value is -0.870. The predicted molar refractivity (Wildman–Crippen MR) is 98.2 cm³/mol. The average molecular weight is 343 g/mol. The van der Waals surface area contributed by atoms with E-state index in [1.807, 2.05) is 25.6 Å².